The van der Waals surface area contributed by atoms with E-state index in [0.29, 0.717) is 6.04 Å². The number of fused-ring (bicyclic) bond motifs is 21. The number of hydrogen-bond donors (Lipinski definition) is 1. The Kier molecular flexibility index (Phi) is 12.6. The molecular formula is C26H46N+. The predicted octanol–water partition coefficient (Wildman–Crippen LogP) is 7.03. The molecule has 0 saturated heterocycles. The quantitative estimate of drug-likeness (QED) is 0.506. The van der Waals surface area contributed by atoms with Gasteiger partial charge in [-0.1, -0.05) is 94.9 Å². The van der Waals surface area contributed by atoms with Gasteiger partial charge in [0.25, 0.3) is 0 Å². The fourth-order valence-electron chi connectivity index (χ4n) is 4.49. The maximum absolute atomic E-state index is 4.39. The highest BCUT2D eigenvalue weighted by atomic mass is 14.6. The van der Waals surface area contributed by atoms with Crippen molar-refractivity contribution in [3.05, 3.63) is 35.4 Å². The molecule has 3 rings (SSSR count). The SMILES string of the molecule is [NH3+]C1CCCCCCCCCCc2ccc(cc2)CCCCCCCCC1. The van der Waals surface area contributed by atoms with Crippen molar-refractivity contribution in [3.63, 3.8) is 0 Å². The van der Waals surface area contributed by atoms with Crippen LogP contribution in [0.5, 0.6) is 0 Å². The Morgan fingerprint density at radius 2 is 0.741 bits per heavy atom. The lowest BCUT2D eigenvalue weighted by molar-refractivity contribution is -0.423. The number of benzene rings is 1. The maximum atomic E-state index is 4.39. The minimum atomic E-state index is 0.710. The summed E-state index contributed by atoms with van der Waals surface area (Å²) in [4.78, 5) is 0. The average Bonchev–Trinajstić information content (AvgIpc) is 2.68. The smallest absolute Gasteiger partial charge is 0.0843 e. The van der Waals surface area contributed by atoms with E-state index in [1.54, 1.807) is 0 Å². The van der Waals surface area contributed by atoms with Gasteiger partial charge in [0, 0.05) is 0 Å². The predicted molar refractivity (Wildman–Crippen MR) is 119 cm³/mol. The lowest BCUT2D eigenvalue weighted by Gasteiger charge is -2.09. The van der Waals surface area contributed by atoms with Crippen LogP contribution in [0, 0.1) is 0 Å². The molecule has 1 heteroatoms. The van der Waals surface area contributed by atoms with Gasteiger partial charge in [0.1, 0.15) is 0 Å². The Balaban J connectivity index is 1.68. The first kappa shape index (κ1) is 22.5. The van der Waals surface area contributed by atoms with Crippen LogP contribution in [0.3, 0.4) is 0 Å². The van der Waals surface area contributed by atoms with Crippen LogP contribution < -0.4 is 5.73 Å². The van der Waals surface area contributed by atoms with Crippen LogP contribution in [-0.2, 0) is 12.8 Å². The first-order chi connectivity index (χ1) is 13.3. The van der Waals surface area contributed by atoms with E-state index < -0.39 is 0 Å². The monoisotopic (exact) mass is 372 g/mol. The Morgan fingerprint density at radius 3 is 1.11 bits per heavy atom. The van der Waals surface area contributed by atoms with Gasteiger partial charge < -0.3 is 5.73 Å². The zero-order chi connectivity index (χ0) is 19.0. The van der Waals surface area contributed by atoms with Crippen LogP contribution in [-0.4, -0.2) is 6.04 Å². The normalized spacial score (nSPS) is 23.5. The number of aryl methyl sites for hydroxylation is 2. The Hall–Kier alpha value is -0.820. The summed E-state index contributed by atoms with van der Waals surface area (Å²) in [5, 5.41) is 0. The molecule has 1 unspecified atom stereocenters. The molecule has 0 saturated carbocycles. The second kappa shape index (κ2) is 15.1. The standard InChI is InChI=1S/C26H45N/c27-26-18-14-10-6-2-1-4-8-12-16-24-20-22-25(23-21-24)17-13-9-5-3-7-11-15-19-26/h20-23,26H,1-19,27H2/p+1. The fraction of sp³-hybridized carbons (Fsp3) is 0.769. The molecule has 0 amide bonds. The molecule has 0 heterocycles. The fourth-order valence-corrected chi connectivity index (χ4v) is 4.49. The first-order valence-corrected chi connectivity index (χ1v) is 12.3. The second-order valence-electron chi connectivity index (χ2n) is 9.06. The summed E-state index contributed by atoms with van der Waals surface area (Å²) in [5.41, 5.74) is 7.47. The summed E-state index contributed by atoms with van der Waals surface area (Å²) < 4.78 is 0. The van der Waals surface area contributed by atoms with E-state index in [4.69, 9.17) is 0 Å². The van der Waals surface area contributed by atoms with E-state index in [2.05, 4.69) is 30.0 Å². The van der Waals surface area contributed by atoms with Gasteiger partial charge in [-0.05, 0) is 62.5 Å². The third kappa shape index (κ3) is 11.6. The van der Waals surface area contributed by atoms with E-state index in [1.807, 2.05) is 0 Å². The van der Waals surface area contributed by atoms with Gasteiger partial charge >= 0.3 is 0 Å². The van der Waals surface area contributed by atoms with E-state index in [-0.39, 0.29) is 0 Å². The maximum Gasteiger partial charge on any atom is 0.0843 e. The van der Waals surface area contributed by atoms with E-state index >= 15 is 0 Å². The molecule has 154 valence electrons. The highest BCUT2D eigenvalue weighted by molar-refractivity contribution is 5.22. The highest BCUT2D eigenvalue weighted by Gasteiger charge is 2.05. The van der Waals surface area contributed by atoms with Crippen LogP contribution in [0.4, 0.5) is 0 Å². The second-order valence-corrected chi connectivity index (χ2v) is 9.06. The Labute approximate surface area is 169 Å². The highest BCUT2D eigenvalue weighted by Crippen LogP contribution is 2.16. The van der Waals surface area contributed by atoms with Gasteiger partial charge in [-0.25, -0.2) is 0 Å². The molecule has 0 aliphatic heterocycles. The molecule has 2 aliphatic rings. The third-order valence-electron chi connectivity index (χ3n) is 6.43. The van der Waals surface area contributed by atoms with Crippen LogP contribution in [0.2, 0.25) is 0 Å². The molecule has 0 fully saturated rings. The van der Waals surface area contributed by atoms with Gasteiger partial charge in [0.15, 0.2) is 0 Å². The number of quaternary nitrogens is 1. The average molecular weight is 373 g/mol. The number of hydrogen-bond acceptors (Lipinski definition) is 0. The largest absolute Gasteiger partial charge is 0.355 e. The Bertz CT molecular complexity index is 450. The van der Waals surface area contributed by atoms with Crippen LogP contribution in [0.15, 0.2) is 24.3 Å². The van der Waals surface area contributed by atoms with Crippen molar-refractivity contribution >= 4 is 0 Å². The molecule has 0 radical (unpaired) electrons. The summed E-state index contributed by atoms with van der Waals surface area (Å²) in [5.74, 6) is 0. The van der Waals surface area contributed by atoms with Crippen molar-refractivity contribution in [1.82, 2.24) is 0 Å². The molecule has 2 bridgehead atoms. The Morgan fingerprint density at radius 1 is 0.444 bits per heavy atom. The van der Waals surface area contributed by atoms with Crippen LogP contribution in [0.1, 0.15) is 120 Å². The minimum Gasteiger partial charge on any atom is -0.355 e. The molecule has 1 aromatic rings. The third-order valence-corrected chi connectivity index (χ3v) is 6.43. The van der Waals surface area contributed by atoms with Crippen molar-refractivity contribution in [2.45, 2.75) is 128 Å². The molecule has 1 aromatic carbocycles. The van der Waals surface area contributed by atoms with Gasteiger partial charge in [-0.3, -0.25) is 0 Å². The zero-order valence-corrected chi connectivity index (χ0v) is 18.0. The molecule has 3 N–H and O–H groups in total. The molecule has 2 aliphatic carbocycles. The topological polar surface area (TPSA) is 27.6 Å². The number of rotatable bonds is 0. The van der Waals surface area contributed by atoms with Crippen molar-refractivity contribution < 1.29 is 5.73 Å². The van der Waals surface area contributed by atoms with Gasteiger partial charge in [-0.15, -0.1) is 0 Å². The summed E-state index contributed by atoms with van der Waals surface area (Å²) in [6.45, 7) is 0. The summed E-state index contributed by atoms with van der Waals surface area (Å²) >= 11 is 0. The lowest BCUT2D eigenvalue weighted by Crippen LogP contribution is -2.60. The van der Waals surface area contributed by atoms with Crippen molar-refractivity contribution in [3.8, 4) is 0 Å². The molecule has 0 aromatic heterocycles. The summed E-state index contributed by atoms with van der Waals surface area (Å²) in [6, 6.07) is 10.2. The molecule has 1 nitrogen and oxygen atoms in total. The van der Waals surface area contributed by atoms with E-state index in [1.165, 1.54) is 133 Å². The van der Waals surface area contributed by atoms with Crippen molar-refractivity contribution in [1.29, 1.82) is 0 Å². The van der Waals surface area contributed by atoms with Crippen molar-refractivity contribution in [2.24, 2.45) is 0 Å². The van der Waals surface area contributed by atoms with Crippen LogP contribution in [0.25, 0.3) is 0 Å². The zero-order valence-electron chi connectivity index (χ0n) is 18.0. The van der Waals surface area contributed by atoms with Crippen LogP contribution >= 0.6 is 0 Å². The van der Waals surface area contributed by atoms with Gasteiger partial charge in [0.2, 0.25) is 0 Å². The molecule has 27 heavy (non-hydrogen) atoms. The molecule has 0 spiro atoms. The van der Waals surface area contributed by atoms with Gasteiger partial charge in [0.05, 0.1) is 6.04 Å². The lowest BCUT2D eigenvalue weighted by atomic mass is 9.99. The molecular weight excluding hydrogens is 326 g/mol. The van der Waals surface area contributed by atoms with E-state index in [0.717, 1.165) is 0 Å². The van der Waals surface area contributed by atoms with Gasteiger partial charge in [-0.2, -0.15) is 0 Å². The summed E-state index contributed by atoms with van der Waals surface area (Å²) in [6.07, 6.45) is 26.5. The summed E-state index contributed by atoms with van der Waals surface area (Å²) in [7, 11) is 0. The van der Waals surface area contributed by atoms with E-state index in [9.17, 15) is 0 Å². The minimum absolute atomic E-state index is 0.710. The molecule has 1 atom stereocenters. The van der Waals surface area contributed by atoms with Crippen molar-refractivity contribution in [2.75, 3.05) is 0 Å². The first-order valence-electron chi connectivity index (χ1n) is 12.3.